The monoisotopic (exact) mass is 345 g/mol. The Morgan fingerprint density at radius 3 is 1.96 bits per heavy atom. The molecule has 1 amide bonds. The van der Waals surface area contributed by atoms with Crippen molar-refractivity contribution in [2.75, 3.05) is 0 Å². The number of alkyl halides is 3. The number of nitrogens with zero attached hydrogens (tertiary/aromatic N) is 1. The summed E-state index contributed by atoms with van der Waals surface area (Å²) in [5.74, 6) is -0.0961. The van der Waals surface area contributed by atoms with Crippen molar-refractivity contribution < 1.29 is 18.0 Å². The van der Waals surface area contributed by atoms with E-state index < -0.39 is 17.3 Å². The first-order valence-electron chi connectivity index (χ1n) is 7.92. The highest BCUT2D eigenvalue weighted by molar-refractivity contribution is 6.12. The third kappa shape index (κ3) is 3.18. The summed E-state index contributed by atoms with van der Waals surface area (Å²) < 4.78 is 38.2. The maximum Gasteiger partial charge on any atom is 0.416 e. The van der Waals surface area contributed by atoms with Gasteiger partial charge in [-0.1, -0.05) is 30.3 Å². The molecule has 0 saturated carbocycles. The molecule has 0 spiro atoms. The third-order valence-electron chi connectivity index (χ3n) is 4.09. The number of amides is 1. The van der Waals surface area contributed by atoms with Gasteiger partial charge in [0.25, 0.3) is 5.91 Å². The molecular weight excluding hydrogens is 327 g/mol. The van der Waals surface area contributed by atoms with E-state index in [1.807, 2.05) is 32.9 Å². The highest BCUT2D eigenvalue weighted by Gasteiger charge is 2.38. The first kappa shape index (κ1) is 17.3. The van der Waals surface area contributed by atoms with E-state index in [1.54, 1.807) is 23.1 Å². The molecule has 0 bridgehead atoms. The van der Waals surface area contributed by atoms with Crippen LogP contribution in [-0.4, -0.2) is 16.3 Å². The second-order valence-corrected chi connectivity index (χ2v) is 7.01. The Morgan fingerprint density at radius 1 is 0.880 bits per heavy atom. The number of halogens is 3. The van der Waals surface area contributed by atoms with E-state index in [0.717, 1.165) is 17.7 Å². The van der Waals surface area contributed by atoms with E-state index >= 15 is 0 Å². The molecule has 5 heteroatoms. The van der Waals surface area contributed by atoms with Gasteiger partial charge in [0.15, 0.2) is 0 Å². The molecule has 130 valence electrons. The van der Waals surface area contributed by atoms with Crippen LogP contribution in [0.25, 0.3) is 11.8 Å². The van der Waals surface area contributed by atoms with Crippen LogP contribution in [0.2, 0.25) is 0 Å². The van der Waals surface area contributed by atoms with Crippen molar-refractivity contribution in [2.45, 2.75) is 32.5 Å². The Kier molecular flexibility index (Phi) is 3.98. The second kappa shape index (κ2) is 5.76. The summed E-state index contributed by atoms with van der Waals surface area (Å²) in [6.45, 7) is 5.78. The average Bonchev–Trinajstić information content (AvgIpc) is 2.80. The molecule has 1 aliphatic heterocycles. The van der Waals surface area contributed by atoms with Crippen molar-refractivity contribution in [3.05, 3.63) is 70.8 Å². The maximum absolute atomic E-state index is 12.8. The summed E-state index contributed by atoms with van der Waals surface area (Å²) in [5, 5.41) is 0. The zero-order chi connectivity index (χ0) is 18.4. The van der Waals surface area contributed by atoms with Crippen LogP contribution in [-0.2, 0) is 6.18 Å². The molecule has 0 fully saturated rings. The molecule has 0 unspecified atom stereocenters. The predicted molar refractivity (Wildman–Crippen MR) is 91.7 cm³/mol. The Labute approximate surface area is 144 Å². The van der Waals surface area contributed by atoms with Gasteiger partial charge in [0.05, 0.1) is 11.3 Å². The SMILES string of the molecule is CC(C)(C)N1C(=O)c2ccccc2/C1=C\c1ccc(C(F)(F)F)cc1. The minimum atomic E-state index is -4.36. The van der Waals surface area contributed by atoms with Crippen LogP contribution >= 0.6 is 0 Å². The summed E-state index contributed by atoms with van der Waals surface area (Å²) >= 11 is 0. The normalized spacial score (nSPS) is 16.5. The molecule has 0 aromatic heterocycles. The number of carbonyl (C=O) groups excluding carboxylic acids is 1. The van der Waals surface area contributed by atoms with Crippen LogP contribution in [0, 0.1) is 0 Å². The summed E-state index contributed by atoms with van der Waals surface area (Å²) in [4.78, 5) is 14.5. The van der Waals surface area contributed by atoms with Crippen molar-refractivity contribution in [2.24, 2.45) is 0 Å². The fourth-order valence-electron chi connectivity index (χ4n) is 2.98. The van der Waals surface area contributed by atoms with Crippen LogP contribution in [0.15, 0.2) is 48.5 Å². The fraction of sp³-hybridized carbons (Fsp3) is 0.250. The second-order valence-electron chi connectivity index (χ2n) is 7.01. The molecule has 25 heavy (non-hydrogen) atoms. The van der Waals surface area contributed by atoms with E-state index in [-0.39, 0.29) is 5.91 Å². The van der Waals surface area contributed by atoms with Crippen molar-refractivity contribution in [3.8, 4) is 0 Å². The molecule has 1 aliphatic rings. The van der Waals surface area contributed by atoms with Gasteiger partial charge in [-0.15, -0.1) is 0 Å². The number of carbonyl (C=O) groups is 1. The lowest BCUT2D eigenvalue weighted by Crippen LogP contribution is -2.40. The van der Waals surface area contributed by atoms with Crippen molar-refractivity contribution in [1.82, 2.24) is 4.90 Å². The van der Waals surface area contributed by atoms with Gasteiger partial charge in [0.1, 0.15) is 0 Å². The van der Waals surface area contributed by atoms with Gasteiger partial charge < -0.3 is 4.90 Å². The lowest BCUT2D eigenvalue weighted by atomic mass is 10.0. The van der Waals surface area contributed by atoms with Crippen molar-refractivity contribution in [3.63, 3.8) is 0 Å². The fourth-order valence-corrected chi connectivity index (χ4v) is 2.98. The first-order valence-corrected chi connectivity index (χ1v) is 7.92. The van der Waals surface area contributed by atoms with Gasteiger partial charge in [-0.05, 0) is 50.6 Å². The summed E-state index contributed by atoms with van der Waals surface area (Å²) in [7, 11) is 0. The topological polar surface area (TPSA) is 20.3 Å². The number of fused-ring (bicyclic) bond motifs is 1. The van der Waals surface area contributed by atoms with Gasteiger partial charge in [-0.2, -0.15) is 13.2 Å². The summed E-state index contributed by atoms with van der Waals surface area (Å²) in [6, 6.07) is 12.2. The summed E-state index contributed by atoms with van der Waals surface area (Å²) in [5.41, 5.74) is 1.58. The van der Waals surface area contributed by atoms with E-state index in [2.05, 4.69) is 0 Å². The van der Waals surface area contributed by atoms with Crippen LogP contribution in [0.3, 0.4) is 0 Å². The molecule has 2 nitrogen and oxygen atoms in total. The minimum absolute atomic E-state index is 0.0961. The van der Waals surface area contributed by atoms with E-state index in [0.29, 0.717) is 16.8 Å². The predicted octanol–water partition coefficient (Wildman–Crippen LogP) is 5.46. The minimum Gasteiger partial charge on any atom is -0.302 e. The van der Waals surface area contributed by atoms with Crippen LogP contribution in [0.5, 0.6) is 0 Å². The largest absolute Gasteiger partial charge is 0.416 e. The average molecular weight is 345 g/mol. The van der Waals surface area contributed by atoms with Crippen LogP contribution in [0.4, 0.5) is 13.2 Å². The van der Waals surface area contributed by atoms with Gasteiger partial charge in [-0.3, -0.25) is 4.79 Å². The van der Waals surface area contributed by atoms with E-state index in [1.165, 1.54) is 12.1 Å². The molecular formula is C20H18F3NO. The Morgan fingerprint density at radius 2 is 1.44 bits per heavy atom. The zero-order valence-corrected chi connectivity index (χ0v) is 14.2. The molecule has 0 N–H and O–H groups in total. The molecule has 0 aliphatic carbocycles. The molecule has 2 aromatic carbocycles. The lowest BCUT2D eigenvalue weighted by molar-refractivity contribution is -0.137. The molecule has 0 saturated heterocycles. The quantitative estimate of drug-likeness (QED) is 0.672. The van der Waals surface area contributed by atoms with Crippen LogP contribution in [0.1, 0.15) is 47.8 Å². The van der Waals surface area contributed by atoms with Gasteiger partial charge in [0, 0.05) is 16.7 Å². The highest BCUT2D eigenvalue weighted by Crippen LogP contribution is 2.39. The first-order chi connectivity index (χ1) is 11.6. The maximum atomic E-state index is 12.8. The number of hydrogen-bond donors (Lipinski definition) is 0. The Bertz CT molecular complexity index is 842. The van der Waals surface area contributed by atoms with Crippen molar-refractivity contribution >= 4 is 17.7 Å². The molecule has 0 atom stereocenters. The van der Waals surface area contributed by atoms with Gasteiger partial charge >= 0.3 is 6.18 Å². The number of benzene rings is 2. The smallest absolute Gasteiger partial charge is 0.302 e. The zero-order valence-electron chi connectivity index (χ0n) is 14.2. The van der Waals surface area contributed by atoms with E-state index in [9.17, 15) is 18.0 Å². The lowest BCUT2D eigenvalue weighted by Gasteiger charge is -2.33. The molecule has 1 heterocycles. The van der Waals surface area contributed by atoms with Gasteiger partial charge in [-0.25, -0.2) is 0 Å². The van der Waals surface area contributed by atoms with Gasteiger partial charge in [0.2, 0.25) is 0 Å². The molecule has 2 aromatic rings. The number of hydrogen-bond acceptors (Lipinski definition) is 1. The summed E-state index contributed by atoms with van der Waals surface area (Å²) in [6.07, 6.45) is -2.60. The highest BCUT2D eigenvalue weighted by atomic mass is 19.4. The van der Waals surface area contributed by atoms with Crippen molar-refractivity contribution in [1.29, 1.82) is 0 Å². The Hall–Kier alpha value is -2.56. The third-order valence-corrected chi connectivity index (χ3v) is 4.09. The van der Waals surface area contributed by atoms with E-state index in [4.69, 9.17) is 0 Å². The van der Waals surface area contributed by atoms with Crippen LogP contribution < -0.4 is 0 Å². The Balaban J connectivity index is 2.09. The number of rotatable bonds is 1. The standard InChI is InChI=1S/C20H18F3NO/c1-19(2,3)24-17(15-6-4-5-7-16(15)18(24)25)12-13-8-10-14(11-9-13)20(21,22)23/h4-12H,1-3H3/b17-12+. The molecule has 3 rings (SSSR count). The molecule has 0 radical (unpaired) electrons.